The molecule has 0 bridgehead atoms. The van der Waals surface area contributed by atoms with E-state index >= 15 is 0 Å². The Balaban J connectivity index is 1.34. The van der Waals surface area contributed by atoms with E-state index in [4.69, 9.17) is 4.74 Å². The van der Waals surface area contributed by atoms with Crippen LogP contribution in [-0.2, 0) is 11.3 Å². The second-order valence-electron chi connectivity index (χ2n) is 9.23. The van der Waals surface area contributed by atoms with Crippen LogP contribution in [0.5, 0.6) is 0 Å². The fourth-order valence-corrected chi connectivity index (χ4v) is 3.92. The van der Waals surface area contributed by atoms with Crippen molar-refractivity contribution in [2.24, 2.45) is 0 Å². The van der Waals surface area contributed by atoms with Crippen LogP contribution in [0, 0.1) is 5.82 Å². The van der Waals surface area contributed by atoms with Crippen LogP contribution in [0.4, 0.5) is 9.18 Å². The van der Waals surface area contributed by atoms with Gasteiger partial charge in [0.1, 0.15) is 11.4 Å². The fraction of sp³-hybridized carbons (Fsp3) is 0.417. The van der Waals surface area contributed by atoms with Gasteiger partial charge in [-0.3, -0.25) is 9.78 Å². The smallest absolute Gasteiger partial charge is 0.410 e. The molecule has 9 heteroatoms. The standard InChI is InChI=1S/C24H28FN5O3/c1-24(2,3)33-23(32)29-9-6-16(7-10-29)17-4-5-19(20(25)12-17)22(31)28-13-18-15-30-11-8-26-21(30)14-27-18/h4-5,8,11-12,14-16H,6-7,9-10,13H2,1-3H3,(H,28,31). The third-order valence-corrected chi connectivity index (χ3v) is 5.62. The molecule has 0 unspecified atom stereocenters. The number of likely N-dealkylation sites (tertiary alicyclic amines) is 1. The van der Waals surface area contributed by atoms with Crippen LogP contribution in [0.15, 0.2) is 43.0 Å². The molecule has 1 N–H and O–H groups in total. The van der Waals surface area contributed by atoms with Crippen molar-refractivity contribution >= 4 is 17.6 Å². The summed E-state index contributed by atoms with van der Waals surface area (Å²) in [4.78, 5) is 34.8. The number of imidazole rings is 1. The SMILES string of the molecule is CC(C)(C)OC(=O)N1CCC(c2ccc(C(=O)NCc3cn4ccnc4cn3)c(F)c2)CC1. The number of hydrogen-bond acceptors (Lipinski definition) is 5. The topological polar surface area (TPSA) is 88.8 Å². The van der Waals surface area contributed by atoms with Crippen molar-refractivity contribution in [2.45, 2.75) is 51.7 Å². The fourth-order valence-electron chi connectivity index (χ4n) is 3.92. The monoisotopic (exact) mass is 453 g/mol. The molecule has 1 aliphatic heterocycles. The van der Waals surface area contributed by atoms with Gasteiger partial charge in [-0.05, 0) is 57.2 Å². The predicted octanol–water partition coefficient (Wildman–Crippen LogP) is 3.91. The van der Waals surface area contributed by atoms with Gasteiger partial charge < -0.3 is 19.4 Å². The molecule has 2 amide bonds. The molecular formula is C24H28FN5O3. The Labute approximate surface area is 191 Å². The first-order valence-electron chi connectivity index (χ1n) is 11.0. The van der Waals surface area contributed by atoms with E-state index in [9.17, 15) is 14.0 Å². The van der Waals surface area contributed by atoms with Gasteiger partial charge in [-0.15, -0.1) is 0 Å². The van der Waals surface area contributed by atoms with E-state index in [0.717, 1.165) is 5.56 Å². The lowest BCUT2D eigenvalue weighted by Gasteiger charge is -2.33. The van der Waals surface area contributed by atoms with Gasteiger partial charge in [0, 0.05) is 31.7 Å². The highest BCUT2D eigenvalue weighted by atomic mass is 19.1. The third-order valence-electron chi connectivity index (χ3n) is 5.62. The van der Waals surface area contributed by atoms with Crippen molar-refractivity contribution in [2.75, 3.05) is 13.1 Å². The number of nitrogens with one attached hydrogen (secondary N) is 1. The number of amides is 2. The van der Waals surface area contributed by atoms with Crippen LogP contribution in [-0.4, -0.2) is 50.0 Å². The lowest BCUT2D eigenvalue weighted by molar-refractivity contribution is 0.0204. The Kier molecular flexibility index (Phi) is 6.31. The van der Waals surface area contributed by atoms with Gasteiger partial charge in [-0.2, -0.15) is 0 Å². The lowest BCUT2D eigenvalue weighted by Crippen LogP contribution is -2.41. The number of carbonyl (C=O) groups is 2. The molecule has 4 rings (SSSR count). The first-order valence-corrected chi connectivity index (χ1v) is 11.0. The molecule has 3 heterocycles. The van der Waals surface area contributed by atoms with Crippen LogP contribution < -0.4 is 5.32 Å². The second-order valence-corrected chi connectivity index (χ2v) is 9.23. The molecule has 0 aliphatic carbocycles. The maximum Gasteiger partial charge on any atom is 0.410 e. The molecule has 0 spiro atoms. The number of fused-ring (bicyclic) bond motifs is 1. The molecule has 8 nitrogen and oxygen atoms in total. The van der Waals surface area contributed by atoms with Gasteiger partial charge in [-0.1, -0.05) is 6.07 Å². The third kappa shape index (κ3) is 5.47. The summed E-state index contributed by atoms with van der Waals surface area (Å²) in [5.41, 5.74) is 1.65. The molecule has 0 saturated carbocycles. The molecule has 1 aromatic carbocycles. The summed E-state index contributed by atoms with van der Waals surface area (Å²) in [6.45, 7) is 6.80. The van der Waals surface area contributed by atoms with Crippen molar-refractivity contribution in [3.63, 3.8) is 0 Å². The van der Waals surface area contributed by atoms with Gasteiger partial charge >= 0.3 is 6.09 Å². The molecule has 1 saturated heterocycles. The first kappa shape index (κ1) is 22.7. The number of carbonyl (C=O) groups excluding carboxylic acids is 2. The summed E-state index contributed by atoms with van der Waals surface area (Å²) < 4.78 is 22.0. The summed E-state index contributed by atoms with van der Waals surface area (Å²) in [7, 11) is 0. The molecule has 174 valence electrons. The van der Waals surface area contributed by atoms with Crippen LogP contribution >= 0.6 is 0 Å². The van der Waals surface area contributed by atoms with E-state index < -0.39 is 17.3 Å². The van der Waals surface area contributed by atoms with Gasteiger partial charge in [0.05, 0.1) is 24.0 Å². The molecule has 3 aromatic rings. The summed E-state index contributed by atoms with van der Waals surface area (Å²) in [6.07, 6.45) is 7.95. The van der Waals surface area contributed by atoms with Crippen molar-refractivity contribution in [1.29, 1.82) is 0 Å². The molecule has 1 aliphatic rings. The molecular weight excluding hydrogens is 425 g/mol. The van der Waals surface area contributed by atoms with Crippen molar-refractivity contribution in [1.82, 2.24) is 24.6 Å². The Hall–Kier alpha value is -3.49. The number of ether oxygens (including phenoxy) is 1. The Bertz CT molecular complexity index is 1160. The minimum atomic E-state index is -0.558. The lowest BCUT2D eigenvalue weighted by atomic mass is 9.89. The van der Waals surface area contributed by atoms with E-state index in [1.807, 2.05) is 20.8 Å². The summed E-state index contributed by atoms with van der Waals surface area (Å²) in [5, 5.41) is 2.72. The molecule has 33 heavy (non-hydrogen) atoms. The number of rotatable bonds is 4. The number of nitrogens with zero attached hydrogens (tertiary/aromatic N) is 4. The second kappa shape index (κ2) is 9.17. The molecule has 0 atom stereocenters. The summed E-state index contributed by atoms with van der Waals surface area (Å²) in [5.74, 6) is -0.926. The minimum Gasteiger partial charge on any atom is -0.444 e. The Morgan fingerprint density at radius 3 is 2.67 bits per heavy atom. The molecule has 2 aromatic heterocycles. The normalized spacial score (nSPS) is 15.0. The molecule has 0 radical (unpaired) electrons. The van der Waals surface area contributed by atoms with Crippen molar-refractivity contribution < 1.29 is 18.7 Å². The average Bonchev–Trinajstić information content (AvgIpc) is 3.24. The van der Waals surface area contributed by atoms with Gasteiger partial charge in [-0.25, -0.2) is 14.2 Å². The van der Waals surface area contributed by atoms with Crippen molar-refractivity contribution in [3.8, 4) is 0 Å². The maximum absolute atomic E-state index is 14.8. The number of aromatic nitrogens is 3. The highest BCUT2D eigenvalue weighted by molar-refractivity contribution is 5.94. The van der Waals surface area contributed by atoms with Gasteiger partial charge in [0.2, 0.25) is 0 Å². The highest BCUT2D eigenvalue weighted by Crippen LogP contribution is 2.30. The van der Waals surface area contributed by atoms with Crippen molar-refractivity contribution in [3.05, 3.63) is 65.6 Å². The van der Waals surface area contributed by atoms with Crippen LogP contribution in [0.3, 0.4) is 0 Å². The van der Waals surface area contributed by atoms with Crippen LogP contribution in [0.25, 0.3) is 5.65 Å². The van der Waals surface area contributed by atoms with Crippen LogP contribution in [0.1, 0.15) is 61.1 Å². The van der Waals surface area contributed by atoms with Gasteiger partial charge in [0.25, 0.3) is 5.91 Å². The Morgan fingerprint density at radius 1 is 1.21 bits per heavy atom. The van der Waals surface area contributed by atoms with E-state index in [-0.39, 0.29) is 24.1 Å². The maximum atomic E-state index is 14.8. The molecule has 1 fully saturated rings. The van der Waals surface area contributed by atoms with Gasteiger partial charge in [0.15, 0.2) is 5.65 Å². The average molecular weight is 454 g/mol. The highest BCUT2D eigenvalue weighted by Gasteiger charge is 2.28. The summed E-state index contributed by atoms with van der Waals surface area (Å²) in [6, 6.07) is 4.74. The largest absolute Gasteiger partial charge is 0.444 e. The number of piperidine rings is 1. The number of hydrogen-bond donors (Lipinski definition) is 1. The first-order chi connectivity index (χ1) is 15.7. The van der Waals surface area contributed by atoms with E-state index in [2.05, 4.69) is 15.3 Å². The zero-order valence-electron chi connectivity index (χ0n) is 19.0. The predicted molar refractivity (Wildman–Crippen MR) is 120 cm³/mol. The van der Waals surface area contributed by atoms with E-state index in [1.54, 1.807) is 40.2 Å². The van der Waals surface area contributed by atoms with E-state index in [1.165, 1.54) is 12.1 Å². The number of halogens is 1. The quantitative estimate of drug-likeness (QED) is 0.647. The minimum absolute atomic E-state index is 0.00588. The zero-order valence-corrected chi connectivity index (χ0v) is 19.0. The number of benzene rings is 1. The van der Waals surface area contributed by atoms with E-state index in [0.29, 0.717) is 37.3 Å². The Morgan fingerprint density at radius 2 is 1.97 bits per heavy atom. The zero-order chi connectivity index (χ0) is 23.6. The summed E-state index contributed by atoms with van der Waals surface area (Å²) >= 11 is 0. The van der Waals surface area contributed by atoms with Crippen LogP contribution in [0.2, 0.25) is 0 Å².